The topological polar surface area (TPSA) is 70.6 Å². The van der Waals surface area contributed by atoms with E-state index in [0.29, 0.717) is 19.1 Å². The van der Waals surface area contributed by atoms with Gasteiger partial charge in [0.2, 0.25) is 5.95 Å². The van der Waals surface area contributed by atoms with Gasteiger partial charge in [0.25, 0.3) is 0 Å². The highest BCUT2D eigenvalue weighted by atomic mass is 16.5. The van der Waals surface area contributed by atoms with Crippen molar-refractivity contribution in [2.24, 2.45) is 0 Å². The molecule has 0 atom stereocenters. The lowest BCUT2D eigenvalue weighted by molar-refractivity contribution is 0.122. The number of rotatable bonds is 2. The maximum absolute atomic E-state index is 12.4. The number of anilines is 1. The summed E-state index contributed by atoms with van der Waals surface area (Å²) in [6.45, 7) is 4.27. The highest BCUT2D eigenvalue weighted by molar-refractivity contribution is 5.75. The number of urea groups is 1. The summed E-state index contributed by atoms with van der Waals surface area (Å²) in [4.78, 5) is 25.5. The molecule has 23 heavy (non-hydrogen) atoms. The molecule has 1 N–H and O–H groups in total. The van der Waals surface area contributed by atoms with Crippen LogP contribution in [-0.4, -0.2) is 53.2 Å². The fourth-order valence-electron chi connectivity index (χ4n) is 3.54. The first-order valence-corrected chi connectivity index (χ1v) is 8.52. The predicted octanol–water partition coefficient (Wildman–Crippen LogP) is 1.28. The molecular formula is C16H23N5O2. The van der Waals surface area contributed by atoms with Crippen molar-refractivity contribution in [3.05, 3.63) is 17.5 Å². The van der Waals surface area contributed by atoms with E-state index < -0.39 is 0 Å². The van der Waals surface area contributed by atoms with Crippen molar-refractivity contribution < 1.29 is 9.53 Å². The van der Waals surface area contributed by atoms with E-state index in [2.05, 4.69) is 20.2 Å². The molecule has 1 saturated heterocycles. The summed E-state index contributed by atoms with van der Waals surface area (Å²) in [6.07, 6.45) is 6.52. The second kappa shape index (κ2) is 6.31. The van der Waals surface area contributed by atoms with E-state index in [1.54, 1.807) is 0 Å². The van der Waals surface area contributed by atoms with Crippen molar-refractivity contribution in [1.29, 1.82) is 0 Å². The summed E-state index contributed by atoms with van der Waals surface area (Å²) in [5, 5.41) is 3.15. The Balaban J connectivity index is 1.41. The summed E-state index contributed by atoms with van der Waals surface area (Å²) < 4.78 is 5.37. The zero-order valence-corrected chi connectivity index (χ0v) is 13.3. The molecule has 124 valence electrons. The van der Waals surface area contributed by atoms with Gasteiger partial charge >= 0.3 is 6.03 Å². The minimum absolute atomic E-state index is 0.0304. The van der Waals surface area contributed by atoms with Gasteiger partial charge in [-0.2, -0.15) is 0 Å². The molecule has 1 saturated carbocycles. The third-order valence-electron chi connectivity index (χ3n) is 4.91. The van der Waals surface area contributed by atoms with Crippen LogP contribution in [0, 0.1) is 0 Å². The van der Waals surface area contributed by atoms with Crippen molar-refractivity contribution in [3.8, 4) is 0 Å². The van der Waals surface area contributed by atoms with E-state index in [1.165, 1.54) is 12.8 Å². The molecule has 1 aromatic rings. The first kappa shape index (κ1) is 14.7. The average molecular weight is 317 g/mol. The SMILES string of the molecule is O=C(NC1CCCC1)N1Cc2cnc(N3CCOCC3)nc2C1. The predicted molar refractivity (Wildman–Crippen MR) is 85.1 cm³/mol. The van der Waals surface area contributed by atoms with Gasteiger partial charge in [0.05, 0.1) is 32.0 Å². The number of fused-ring (bicyclic) bond motifs is 1. The van der Waals surface area contributed by atoms with E-state index in [4.69, 9.17) is 4.74 Å². The minimum Gasteiger partial charge on any atom is -0.378 e. The molecule has 7 nitrogen and oxygen atoms in total. The third-order valence-corrected chi connectivity index (χ3v) is 4.91. The van der Waals surface area contributed by atoms with Gasteiger partial charge in [-0.1, -0.05) is 12.8 Å². The smallest absolute Gasteiger partial charge is 0.318 e. The van der Waals surface area contributed by atoms with Crippen LogP contribution < -0.4 is 10.2 Å². The molecule has 2 aliphatic heterocycles. The summed E-state index contributed by atoms with van der Waals surface area (Å²) in [5.74, 6) is 0.755. The Labute approximate surface area is 136 Å². The fourth-order valence-corrected chi connectivity index (χ4v) is 3.54. The molecule has 2 fully saturated rings. The average Bonchev–Trinajstić information content (AvgIpc) is 3.24. The van der Waals surface area contributed by atoms with Crippen LogP contribution in [0.25, 0.3) is 0 Å². The second-order valence-corrected chi connectivity index (χ2v) is 6.53. The molecular weight excluding hydrogens is 294 g/mol. The van der Waals surface area contributed by atoms with E-state index in [-0.39, 0.29) is 6.03 Å². The minimum atomic E-state index is 0.0304. The highest BCUT2D eigenvalue weighted by Crippen LogP contribution is 2.24. The van der Waals surface area contributed by atoms with Crippen LogP contribution in [0.2, 0.25) is 0 Å². The van der Waals surface area contributed by atoms with Gasteiger partial charge in [-0.05, 0) is 12.8 Å². The van der Waals surface area contributed by atoms with Crippen molar-refractivity contribution in [1.82, 2.24) is 20.2 Å². The van der Waals surface area contributed by atoms with Gasteiger partial charge in [-0.15, -0.1) is 0 Å². The summed E-state index contributed by atoms with van der Waals surface area (Å²) in [6, 6.07) is 0.379. The lowest BCUT2D eigenvalue weighted by Crippen LogP contribution is -2.41. The number of nitrogens with zero attached hydrogens (tertiary/aromatic N) is 4. The van der Waals surface area contributed by atoms with Crippen LogP contribution in [0.5, 0.6) is 0 Å². The first-order chi connectivity index (χ1) is 11.3. The molecule has 0 spiro atoms. The van der Waals surface area contributed by atoms with Crippen LogP contribution in [-0.2, 0) is 17.8 Å². The highest BCUT2D eigenvalue weighted by Gasteiger charge is 2.28. The summed E-state index contributed by atoms with van der Waals surface area (Å²) in [7, 11) is 0. The van der Waals surface area contributed by atoms with E-state index in [9.17, 15) is 4.79 Å². The quantitative estimate of drug-likeness (QED) is 0.890. The molecule has 7 heteroatoms. The van der Waals surface area contributed by atoms with Crippen molar-refractivity contribution in [3.63, 3.8) is 0 Å². The maximum Gasteiger partial charge on any atom is 0.318 e. The molecule has 3 aliphatic rings. The Morgan fingerprint density at radius 3 is 2.78 bits per heavy atom. The van der Waals surface area contributed by atoms with Crippen LogP contribution in [0.3, 0.4) is 0 Å². The number of carbonyl (C=O) groups is 1. The van der Waals surface area contributed by atoms with Gasteiger partial charge in [-0.25, -0.2) is 14.8 Å². The molecule has 0 bridgehead atoms. The van der Waals surface area contributed by atoms with E-state index in [0.717, 1.165) is 56.4 Å². The Morgan fingerprint density at radius 2 is 2.00 bits per heavy atom. The number of hydrogen-bond acceptors (Lipinski definition) is 5. The lowest BCUT2D eigenvalue weighted by Gasteiger charge is -2.26. The lowest BCUT2D eigenvalue weighted by atomic mass is 10.2. The van der Waals surface area contributed by atoms with Gasteiger partial charge in [0.15, 0.2) is 0 Å². The zero-order chi connectivity index (χ0) is 15.6. The molecule has 1 aromatic heterocycles. The number of nitrogens with one attached hydrogen (secondary N) is 1. The van der Waals surface area contributed by atoms with Gasteiger partial charge in [0.1, 0.15) is 0 Å². The standard InChI is InChI=1S/C16H23N5O2/c22-16(18-13-3-1-2-4-13)21-10-12-9-17-15(19-14(12)11-21)20-5-7-23-8-6-20/h9,13H,1-8,10-11H2,(H,18,22). The van der Waals surface area contributed by atoms with Crippen LogP contribution >= 0.6 is 0 Å². The summed E-state index contributed by atoms with van der Waals surface area (Å²) in [5.41, 5.74) is 2.03. The van der Waals surface area contributed by atoms with Gasteiger partial charge in [-0.3, -0.25) is 0 Å². The van der Waals surface area contributed by atoms with Crippen molar-refractivity contribution >= 4 is 12.0 Å². The van der Waals surface area contributed by atoms with Crippen LogP contribution in [0.4, 0.5) is 10.7 Å². The maximum atomic E-state index is 12.4. The Bertz CT molecular complexity index is 582. The number of ether oxygens (including phenoxy) is 1. The molecule has 4 rings (SSSR count). The molecule has 0 radical (unpaired) electrons. The number of morpholine rings is 1. The molecule has 3 heterocycles. The monoisotopic (exact) mass is 317 g/mol. The molecule has 1 aliphatic carbocycles. The fraction of sp³-hybridized carbons (Fsp3) is 0.688. The molecule has 0 unspecified atom stereocenters. The Hall–Kier alpha value is -1.89. The number of aromatic nitrogens is 2. The number of carbonyl (C=O) groups excluding carboxylic acids is 1. The molecule has 0 aromatic carbocycles. The van der Waals surface area contributed by atoms with Crippen LogP contribution in [0.1, 0.15) is 36.9 Å². The number of amides is 2. The summed E-state index contributed by atoms with van der Waals surface area (Å²) >= 11 is 0. The number of hydrogen-bond donors (Lipinski definition) is 1. The normalized spacial score (nSPS) is 21.6. The first-order valence-electron chi connectivity index (χ1n) is 8.52. The molecule has 2 amide bonds. The van der Waals surface area contributed by atoms with Crippen molar-refractivity contribution in [2.75, 3.05) is 31.2 Å². The van der Waals surface area contributed by atoms with E-state index in [1.807, 2.05) is 11.1 Å². The Morgan fingerprint density at radius 1 is 1.22 bits per heavy atom. The van der Waals surface area contributed by atoms with Gasteiger partial charge in [0, 0.05) is 30.9 Å². The second-order valence-electron chi connectivity index (χ2n) is 6.53. The van der Waals surface area contributed by atoms with E-state index >= 15 is 0 Å². The largest absolute Gasteiger partial charge is 0.378 e. The zero-order valence-electron chi connectivity index (χ0n) is 13.3. The van der Waals surface area contributed by atoms with Crippen LogP contribution in [0.15, 0.2) is 6.20 Å². The Kier molecular flexibility index (Phi) is 4.03. The van der Waals surface area contributed by atoms with Crippen molar-refractivity contribution in [2.45, 2.75) is 44.8 Å². The third kappa shape index (κ3) is 3.10. The van der Waals surface area contributed by atoms with Gasteiger partial charge < -0.3 is 19.9 Å².